The Labute approximate surface area is 176 Å². The Morgan fingerprint density at radius 2 is 1.88 bits per heavy atom. The third-order valence-electron chi connectivity index (χ3n) is 4.74. The van der Waals surface area contributed by atoms with Gasteiger partial charge in [-0.25, -0.2) is 10.2 Å². The predicted octanol–water partition coefficient (Wildman–Crippen LogP) is 1.75. The summed E-state index contributed by atoms with van der Waals surface area (Å²) < 4.78 is 77.5. The zero-order valence-electron chi connectivity index (χ0n) is 16.3. The number of fused-ring (bicyclic) bond motifs is 3. The summed E-state index contributed by atoms with van der Waals surface area (Å²) in [5, 5.41) is 17.0. The van der Waals surface area contributed by atoms with Crippen LogP contribution in [0.3, 0.4) is 0 Å². The average molecular weight is 469 g/mol. The van der Waals surface area contributed by atoms with E-state index in [4.69, 9.17) is 14.6 Å². The van der Waals surface area contributed by atoms with E-state index in [0.717, 1.165) is 6.07 Å². The van der Waals surface area contributed by atoms with E-state index in [9.17, 15) is 31.1 Å². The van der Waals surface area contributed by atoms with Gasteiger partial charge >= 0.3 is 18.3 Å². The number of rotatable bonds is 2. The molecule has 0 aromatic heterocycles. The molecule has 3 heterocycles. The number of amides is 1. The van der Waals surface area contributed by atoms with Gasteiger partial charge in [-0.05, 0) is 19.1 Å². The summed E-state index contributed by atoms with van der Waals surface area (Å²) in [4.78, 5) is 22.4. The number of hydrogen-bond donors (Lipinski definition) is 4. The standard InChI is InChI=1S/C15H16F3N5O2.C2HF3O2/c1-7-14(24)22-21-13-6-25-12-2-9(15(16,17)18)10(3-11(12)23(7)13)20-8-4-19-5-8;3-2(4,5)1(6)7/h2-3,7-8,19-20H,4-6H2,1H3,(H,22,24);(H,6,7)/t7-;/m0./s1. The number of ether oxygens (including phenoxy) is 1. The summed E-state index contributed by atoms with van der Waals surface area (Å²) >= 11 is 0. The average Bonchev–Trinajstić information content (AvgIpc) is 2.65. The van der Waals surface area contributed by atoms with Crippen LogP contribution in [0.1, 0.15) is 12.5 Å². The Bertz CT molecular complexity index is 945. The minimum absolute atomic E-state index is 0.00572. The van der Waals surface area contributed by atoms with Crippen LogP contribution in [0.25, 0.3) is 0 Å². The number of hydrogen-bond acceptors (Lipinski definition) is 7. The van der Waals surface area contributed by atoms with E-state index in [0.29, 0.717) is 24.6 Å². The number of anilines is 2. The number of alkyl halides is 6. The minimum atomic E-state index is -5.08. The van der Waals surface area contributed by atoms with Crippen molar-refractivity contribution >= 4 is 29.1 Å². The number of carbonyl (C=O) groups is 2. The van der Waals surface area contributed by atoms with Gasteiger partial charge in [0, 0.05) is 18.8 Å². The molecule has 0 spiro atoms. The third kappa shape index (κ3) is 4.81. The summed E-state index contributed by atoms with van der Waals surface area (Å²) in [5.41, 5.74) is 1.97. The van der Waals surface area contributed by atoms with Gasteiger partial charge in [0.15, 0.2) is 5.84 Å². The highest BCUT2D eigenvalue weighted by Crippen LogP contribution is 2.44. The van der Waals surface area contributed by atoms with Crippen molar-refractivity contribution < 1.29 is 45.8 Å². The predicted molar refractivity (Wildman–Crippen MR) is 98.4 cm³/mol. The third-order valence-corrected chi connectivity index (χ3v) is 4.74. The second-order valence-corrected chi connectivity index (χ2v) is 7.00. The van der Waals surface area contributed by atoms with Crippen LogP contribution in [-0.4, -0.2) is 60.8 Å². The van der Waals surface area contributed by atoms with E-state index in [1.54, 1.807) is 11.8 Å². The van der Waals surface area contributed by atoms with Crippen molar-refractivity contribution in [3.63, 3.8) is 0 Å². The molecule has 15 heteroatoms. The molecule has 1 amide bonds. The number of amidine groups is 1. The Morgan fingerprint density at radius 3 is 2.38 bits per heavy atom. The number of carboxylic acid groups (broad SMARTS) is 1. The lowest BCUT2D eigenvalue weighted by molar-refractivity contribution is -0.192. The first-order chi connectivity index (χ1) is 14.8. The molecule has 1 fully saturated rings. The zero-order valence-corrected chi connectivity index (χ0v) is 16.3. The van der Waals surface area contributed by atoms with Gasteiger partial charge in [0.05, 0.1) is 17.3 Å². The van der Waals surface area contributed by atoms with Crippen LogP contribution >= 0.6 is 0 Å². The monoisotopic (exact) mass is 469 g/mol. The number of nitrogens with one attached hydrogen (secondary N) is 3. The molecule has 3 aliphatic rings. The second-order valence-electron chi connectivity index (χ2n) is 7.00. The molecular weight excluding hydrogens is 452 g/mol. The molecule has 3 aliphatic heterocycles. The molecule has 1 aromatic rings. The number of carboxylic acids is 1. The van der Waals surface area contributed by atoms with Crippen molar-refractivity contribution in [2.75, 3.05) is 29.9 Å². The Balaban J connectivity index is 0.000000360. The fourth-order valence-corrected chi connectivity index (χ4v) is 3.04. The Hall–Kier alpha value is -3.23. The summed E-state index contributed by atoms with van der Waals surface area (Å²) in [7, 11) is 0. The highest BCUT2D eigenvalue weighted by Gasteiger charge is 2.40. The van der Waals surface area contributed by atoms with Gasteiger partial charge in [-0.15, -0.1) is 0 Å². The second kappa shape index (κ2) is 8.37. The Morgan fingerprint density at radius 1 is 1.25 bits per heavy atom. The summed E-state index contributed by atoms with van der Waals surface area (Å²) in [6.45, 7) is 2.86. The lowest BCUT2D eigenvalue weighted by atomic mass is 10.0. The molecule has 0 bridgehead atoms. The minimum Gasteiger partial charge on any atom is -0.483 e. The first-order valence-corrected chi connectivity index (χ1v) is 9.10. The molecule has 176 valence electrons. The molecule has 1 atom stereocenters. The lowest BCUT2D eigenvalue weighted by Crippen LogP contribution is -2.55. The zero-order chi connectivity index (χ0) is 23.8. The van der Waals surface area contributed by atoms with Crippen molar-refractivity contribution in [2.45, 2.75) is 31.4 Å². The number of nitrogens with zero attached hydrogens (tertiary/aromatic N) is 2. The van der Waals surface area contributed by atoms with Gasteiger partial charge in [0.25, 0.3) is 5.91 Å². The van der Waals surface area contributed by atoms with Crippen LogP contribution in [0, 0.1) is 0 Å². The van der Waals surface area contributed by atoms with Crippen molar-refractivity contribution in [1.29, 1.82) is 0 Å². The summed E-state index contributed by atoms with van der Waals surface area (Å²) in [6, 6.07) is 1.71. The first-order valence-electron chi connectivity index (χ1n) is 9.10. The largest absolute Gasteiger partial charge is 0.490 e. The van der Waals surface area contributed by atoms with Gasteiger partial charge in [-0.1, -0.05) is 0 Å². The molecule has 0 radical (unpaired) electrons. The van der Waals surface area contributed by atoms with E-state index in [1.807, 2.05) is 0 Å². The van der Waals surface area contributed by atoms with E-state index in [2.05, 4.69) is 21.2 Å². The maximum Gasteiger partial charge on any atom is 0.490 e. The molecule has 32 heavy (non-hydrogen) atoms. The van der Waals surface area contributed by atoms with E-state index in [-0.39, 0.29) is 30.0 Å². The Kier molecular flexibility index (Phi) is 6.13. The fourth-order valence-electron chi connectivity index (χ4n) is 3.04. The number of hydrazone groups is 1. The van der Waals surface area contributed by atoms with Crippen LogP contribution < -0.4 is 25.7 Å². The van der Waals surface area contributed by atoms with E-state index >= 15 is 0 Å². The molecule has 0 saturated carbocycles. The van der Waals surface area contributed by atoms with Gasteiger partial charge in [-0.3, -0.25) is 4.79 Å². The van der Waals surface area contributed by atoms with Crippen LogP contribution in [0.5, 0.6) is 5.75 Å². The van der Waals surface area contributed by atoms with E-state index < -0.39 is 29.9 Å². The highest BCUT2D eigenvalue weighted by atomic mass is 19.4. The van der Waals surface area contributed by atoms with Crippen molar-refractivity contribution in [1.82, 2.24) is 10.7 Å². The topological polar surface area (TPSA) is 115 Å². The maximum atomic E-state index is 13.4. The molecule has 0 unspecified atom stereocenters. The quantitative estimate of drug-likeness (QED) is 0.488. The normalized spacial score (nSPS) is 20.3. The summed E-state index contributed by atoms with van der Waals surface area (Å²) in [6.07, 6.45) is -9.60. The first kappa shape index (κ1) is 23.4. The molecule has 0 aliphatic carbocycles. The molecule has 4 N–H and O–H groups in total. The van der Waals surface area contributed by atoms with Crippen molar-refractivity contribution in [2.24, 2.45) is 5.10 Å². The van der Waals surface area contributed by atoms with Gasteiger partial charge in [0.2, 0.25) is 0 Å². The smallest absolute Gasteiger partial charge is 0.483 e. The highest BCUT2D eigenvalue weighted by molar-refractivity contribution is 6.09. The van der Waals surface area contributed by atoms with Crippen molar-refractivity contribution in [3.05, 3.63) is 17.7 Å². The maximum absolute atomic E-state index is 13.4. The van der Waals surface area contributed by atoms with Crippen LogP contribution in [0.4, 0.5) is 37.7 Å². The number of aliphatic carboxylic acids is 1. The number of benzene rings is 1. The molecule has 1 saturated heterocycles. The molecular formula is C17H17F6N5O4. The van der Waals surface area contributed by atoms with Gasteiger partial charge in [-0.2, -0.15) is 31.4 Å². The van der Waals surface area contributed by atoms with Crippen molar-refractivity contribution in [3.8, 4) is 5.75 Å². The van der Waals surface area contributed by atoms with Gasteiger partial charge < -0.3 is 25.4 Å². The molecule has 9 nitrogen and oxygen atoms in total. The summed E-state index contributed by atoms with van der Waals surface area (Å²) in [5.74, 6) is -2.54. The number of carbonyl (C=O) groups excluding carboxylic acids is 1. The molecule has 1 aromatic carbocycles. The van der Waals surface area contributed by atoms with Crippen LogP contribution in [-0.2, 0) is 15.8 Å². The SMILES string of the molecule is C[C@H]1C(=O)NN=C2COc3cc(C(F)(F)F)c(NC4CNC4)cc3N21.O=C(O)C(F)(F)F. The lowest BCUT2D eigenvalue weighted by Gasteiger charge is -2.39. The molecule has 4 rings (SSSR count). The fraction of sp³-hybridized carbons (Fsp3) is 0.471. The van der Waals surface area contributed by atoms with E-state index in [1.165, 1.54) is 6.07 Å². The van der Waals surface area contributed by atoms with Crippen LogP contribution in [0.2, 0.25) is 0 Å². The number of halogens is 6. The van der Waals surface area contributed by atoms with Crippen LogP contribution in [0.15, 0.2) is 17.2 Å². The van der Waals surface area contributed by atoms with Gasteiger partial charge in [0.1, 0.15) is 18.4 Å².